The molecule has 1 aromatic heterocycles. The smallest absolute Gasteiger partial charge is 0.278 e. The monoisotopic (exact) mass is 489 g/mol. The Balaban J connectivity index is 1.21. The van der Waals surface area contributed by atoms with Gasteiger partial charge in [0.2, 0.25) is 5.91 Å². The summed E-state index contributed by atoms with van der Waals surface area (Å²) in [6.07, 6.45) is 0.883. The Kier molecular flexibility index (Phi) is 6.54. The van der Waals surface area contributed by atoms with Crippen molar-refractivity contribution in [1.29, 1.82) is 0 Å². The molecule has 0 aliphatic carbocycles. The molecule has 3 aromatic rings. The van der Waals surface area contributed by atoms with Crippen LogP contribution in [-0.2, 0) is 17.8 Å². The fourth-order valence-corrected chi connectivity index (χ4v) is 4.95. The molecular weight excluding hydrogens is 461 g/mol. The Labute approximate surface area is 208 Å². The Morgan fingerprint density at radius 3 is 2.44 bits per heavy atom. The van der Waals surface area contributed by atoms with Crippen LogP contribution in [0.4, 0.5) is 15.8 Å². The van der Waals surface area contributed by atoms with Crippen LogP contribution in [0.2, 0.25) is 0 Å². The number of benzene rings is 2. The maximum atomic E-state index is 13.3. The van der Waals surface area contributed by atoms with Crippen LogP contribution >= 0.6 is 0 Å². The Hall–Kier alpha value is -4.01. The fraction of sp³-hybridized carbons (Fsp3) is 0.333. The van der Waals surface area contributed by atoms with Crippen molar-refractivity contribution in [1.82, 2.24) is 14.7 Å². The average molecular weight is 490 g/mol. The summed E-state index contributed by atoms with van der Waals surface area (Å²) >= 11 is 0. The van der Waals surface area contributed by atoms with E-state index in [0.29, 0.717) is 26.2 Å². The van der Waals surface area contributed by atoms with Crippen molar-refractivity contribution >= 4 is 23.2 Å². The second kappa shape index (κ2) is 9.93. The molecule has 1 fully saturated rings. The summed E-state index contributed by atoms with van der Waals surface area (Å²) in [5.41, 5.74) is 2.73. The largest absolute Gasteiger partial charge is 0.368 e. The van der Waals surface area contributed by atoms with Gasteiger partial charge in [0.05, 0.1) is 6.54 Å². The summed E-state index contributed by atoms with van der Waals surface area (Å²) in [4.78, 5) is 44.1. The number of fused-ring (bicyclic) bond motifs is 1. The van der Waals surface area contributed by atoms with Crippen molar-refractivity contribution in [3.8, 4) is 0 Å². The second-order valence-corrected chi connectivity index (χ2v) is 9.23. The van der Waals surface area contributed by atoms with Crippen LogP contribution in [0.1, 0.15) is 29.4 Å². The number of carbonyl (C=O) groups excluding carboxylic acids is 2. The molecule has 2 amide bonds. The number of rotatable bonds is 5. The highest BCUT2D eigenvalue weighted by Crippen LogP contribution is 2.32. The predicted octanol–water partition coefficient (Wildman–Crippen LogP) is 2.71. The molecule has 5 rings (SSSR count). The topological polar surface area (TPSA) is 78.8 Å². The van der Waals surface area contributed by atoms with Crippen molar-refractivity contribution < 1.29 is 14.0 Å². The highest BCUT2D eigenvalue weighted by atomic mass is 19.1. The minimum absolute atomic E-state index is 0.00719. The first kappa shape index (κ1) is 23.7. The van der Waals surface area contributed by atoms with E-state index in [1.54, 1.807) is 21.9 Å². The van der Waals surface area contributed by atoms with E-state index in [1.807, 2.05) is 31.2 Å². The van der Waals surface area contributed by atoms with Crippen molar-refractivity contribution in [2.75, 3.05) is 36.0 Å². The lowest BCUT2D eigenvalue weighted by Gasteiger charge is -2.36. The number of amides is 2. The van der Waals surface area contributed by atoms with Crippen molar-refractivity contribution in [2.45, 2.75) is 32.4 Å². The maximum absolute atomic E-state index is 13.3. The van der Waals surface area contributed by atoms with E-state index in [2.05, 4.69) is 10.00 Å². The molecule has 0 radical (unpaired) electrons. The van der Waals surface area contributed by atoms with Crippen molar-refractivity contribution in [3.05, 3.63) is 88.1 Å². The molecule has 8 nitrogen and oxygen atoms in total. The first-order chi connectivity index (χ1) is 17.4. The molecule has 2 aromatic carbocycles. The molecule has 0 saturated carbocycles. The standard InChI is InChI=1S/C27H28FN5O3/c1-19-18-20-4-2-3-5-24(20)33(19)27(36)23-10-11-26(35)32(29-23)13-12-25(34)31-16-14-30(15-17-31)22-8-6-21(28)7-9-22/h2-11,19H,12-18H2,1H3/t19-/m0/s1. The molecule has 0 spiro atoms. The van der Waals surface area contributed by atoms with Crippen LogP contribution in [-0.4, -0.2) is 58.7 Å². The van der Waals surface area contributed by atoms with E-state index in [0.717, 1.165) is 23.4 Å². The Bertz CT molecular complexity index is 1330. The third kappa shape index (κ3) is 4.73. The third-order valence-corrected chi connectivity index (χ3v) is 6.87. The van der Waals surface area contributed by atoms with Crippen LogP contribution in [0.3, 0.4) is 0 Å². The quantitative estimate of drug-likeness (QED) is 0.551. The minimum atomic E-state index is -0.352. The fourth-order valence-electron chi connectivity index (χ4n) is 4.95. The van der Waals surface area contributed by atoms with Gasteiger partial charge in [-0.2, -0.15) is 5.10 Å². The minimum Gasteiger partial charge on any atom is -0.368 e. The van der Waals surface area contributed by atoms with Gasteiger partial charge in [0.25, 0.3) is 11.5 Å². The zero-order valence-electron chi connectivity index (χ0n) is 20.1. The van der Waals surface area contributed by atoms with Crippen molar-refractivity contribution in [3.63, 3.8) is 0 Å². The molecule has 9 heteroatoms. The van der Waals surface area contributed by atoms with E-state index >= 15 is 0 Å². The summed E-state index contributed by atoms with van der Waals surface area (Å²) < 4.78 is 14.4. The van der Waals surface area contributed by atoms with Gasteiger partial charge in [0.1, 0.15) is 11.5 Å². The average Bonchev–Trinajstić information content (AvgIpc) is 3.23. The van der Waals surface area contributed by atoms with Gasteiger partial charge >= 0.3 is 0 Å². The molecular formula is C27H28FN5O3. The lowest BCUT2D eigenvalue weighted by molar-refractivity contribution is -0.131. The number of nitrogens with zero attached hydrogens (tertiary/aromatic N) is 5. The molecule has 2 aliphatic rings. The summed E-state index contributed by atoms with van der Waals surface area (Å²) in [6.45, 7) is 4.47. The van der Waals surface area contributed by atoms with Gasteiger partial charge in [-0.15, -0.1) is 0 Å². The number of aromatic nitrogens is 2. The van der Waals surface area contributed by atoms with Gasteiger partial charge in [0.15, 0.2) is 0 Å². The number of para-hydroxylation sites is 1. The van der Waals surface area contributed by atoms with Gasteiger partial charge in [-0.05, 0) is 55.3 Å². The zero-order chi connectivity index (χ0) is 25.2. The normalized spacial score (nSPS) is 17.3. The van der Waals surface area contributed by atoms with Gasteiger partial charge in [-0.1, -0.05) is 18.2 Å². The predicted molar refractivity (Wildman–Crippen MR) is 135 cm³/mol. The molecule has 36 heavy (non-hydrogen) atoms. The summed E-state index contributed by atoms with van der Waals surface area (Å²) in [5, 5.41) is 4.30. The van der Waals surface area contributed by atoms with E-state index in [9.17, 15) is 18.8 Å². The summed E-state index contributed by atoms with van der Waals surface area (Å²) in [7, 11) is 0. The number of hydrogen-bond donors (Lipinski definition) is 0. The van der Waals surface area contributed by atoms with Crippen LogP contribution in [0.15, 0.2) is 65.5 Å². The molecule has 0 unspecified atom stereocenters. The summed E-state index contributed by atoms with van der Waals surface area (Å²) in [5.74, 6) is -0.604. The number of carbonyl (C=O) groups is 2. The van der Waals surface area contributed by atoms with Gasteiger partial charge < -0.3 is 14.7 Å². The Morgan fingerprint density at radius 1 is 0.972 bits per heavy atom. The number of piperazine rings is 1. The molecule has 0 N–H and O–H groups in total. The molecule has 3 heterocycles. The third-order valence-electron chi connectivity index (χ3n) is 6.87. The molecule has 0 bridgehead atoms. The van der Waals surface area contributed by atoms with Gasteiger partial charge in [-0.25, -0.2) is 9.07 Å². The zero-order valence-corrected chi connectivity index (χ0v) is 20.1. The van der Waals surface area contributed by atoms with Crippen LogP contribution < -0.4 is 15.4 Å². The number of aryl methyl sites for hydroxylation is 1. The number of hydrogen-bond acceptors (Lipinski definition) is 5. The first-order valence-electron chi connectivity index (χ1n) is 12.2. The lowest BCUT2D eigenvalue weighted by atomic mass is 10.1. The van der Waals surface area contributed by atoms with Gasteiger partial charge in [-0.3, -0.25) is 14.4 Å². The highest BCUT2D eigenvalue weighted by Gasteiger charge is 2.32. The Morgan fingerprint density at radius 2 is 1.69 bits per heavy atom. The highest BCUT2D eigenvalue weighted by molar-refractivity contribution is 6.06. The summed E-state index contributed by atoms with van der Waals surface area (Å²) in [6, 6.07) is 16.9. The van der Waals surface area contributed by atoms with Crippen LogP contribution in [0.5, 0.6) is 0 Å². The van der Waals surface area contributed by atoms with Crippen LogP contribution in [0, 0.1) is 5.82 Å². The van der Waals surface area contributed by atoms with Gasteiger partial charge in [0, 0.05) is 56.1 Å². The van der Waals surface area contributed by atoms with E-state index < -0.39 is 0 Å². The molecule has 2 aliphatic heterocycles. The van der Waals surface area contributed by atoms with E-state index in [-0.39, 0.29) is 47.9 Å². The number of anilines is 2. The van der Waals surface area contributed by atoms with Crippen molar-refractivity contribution in [2.24, 2.45) is 0 Å². The SMILES string of the molecule is C[C@H]1Cc2ccccc2N1C(=O)c1ccc(=O)n(CCC(=O)N2CCN(c3ccc(F)cc3)CC2)n1. The van der Waals surface area contributed by atoms with E-state index in [4.69, 9.17) is 0 Å². The number of halogens is 1. The molecule has 1 saturated heterocycles. The van der Waals surface area contributed by atoms with E-state index in [1.165, 1.54) is 28.9 Å². The second-order valence-electron chi connectivity index (χ2n) is 9.23. The van der Waals surface area contributed by atoms with Crippen LogP contribution in [0.25, 0.3) is 0 Å². The lowest BCUT2D eigenvalue weighted by Crippen LogP contribution is -2.49. The molecule has 1 atom stereocenters. The molecule has 186 valence electrons. The maximum Gasteiger partial charge on any atom is 0.278 e. The first-order valence-corrected chi connectivity index (χ1v) is 12.2.